The molecule has 0 bridgehead atoms. The molecule has 32 heavy (non-hydrogen) atoms. The first-order valence-electron chi connectivity index (χ1n) is 11.4. The Morgan fingerprint density at radius 2 is 1.97 bits per heavy atom. The van der Waals surface area contributed by atoms with E-state index in [-0.39, 0.29) is 36.5 Å². The van der Waals surface area contributed by atoms with E-state index in [1.165, 1.54) is 20.0 Å². The minimum atomic E-state index is -0.278. The summed E-state index contributed by atoms with van der Waals surface area (Å²) in [7, 11) is 4.95. The number of benzene rings is 1. The second-order valence-corrected chi connectivity index (χ2v) is 9.19. The maximum atomic E-state index is 13.3. The molecule has 1 aromatic carbocycles. The molecule has 178 valence electrons. The summed E-state index contributed by atoms with van der Waals surface area (Å²) in [6, 6.07) is 5.38. The van der Waals surface area contributed by atoms with E-state index in [2.05, 4.69) is 24.1 Å². The molecule has 0 aromatic heterocycles. The van der Waals surface area contributed by atoms with E-state index >= 15 is 0 Å². The largest absolute Gasteiger partial charge is 0.491 e. The summed E-state index contributed by atoms with van der Waals surface area (Å²) in [6.45, 7) is 7.23. The van der Waals surface area contributed by atoms with Gasteiger partial charge < -0.3 is 24.4 Å². The standard InChI is InChI=1S/C24H37N3O5/c1-16-11-27(12-18-6-7-18)17(2)14-32-21-9-8-19(25-23(28)15-30-4)10-20(21)24(29)26(3)13-22(16)31-5/h8-10,16-18,22H,6-7,11-15H2,1-5H3,(H,25,28)/t16-,17+,22-/m0/s1. The third-order valence-corrected chi connectivity index (χ3v) is 6.32. The minimum Gasteiger partial charge on any atom is -0.491 e. The molecule has 0 unspecified atom stereocenters. The SMILES string of the molecule is COCC(=O)Nc1ccc2c(c1)C(=O)N(C)C[C@H](OC)[C@@H](C)CN(CC1CC1)[C@H](C)CO2. The van der Waals surface area contributed by atoms with Gasteiger partial charge in [-0.1, -0.05) is 6.92 Å². The van der Waals surface area contributed by atoms with Crippen LogP contribution in [0.2, 0.25) is 0 Å². The Morgan fingerprint density at radius 3 is 2.62 bits per heavy atom. The highest BCUT2D eigenvalue weighted by atomic mass is 16.5. The highest BCUT2D eigenvalue weighted by Crippen LogP contribution is 2.31. The van der Waals surface area contributed by atoms with Gasteiger partial charge in [-0.15, -0.1) is 0 Å². The van der Waals surface area contributed by atoms with Crippen LogP contribution in [0.25, 0.3) is 0 Å². The summed E-state index contributed by atoms with van der Waals surface area (Å²) in [5, 5.41) is 2.76. The maximum absolute atomic E-state index is 13.3. The van der Waals surface area contributed by atoms with Crippen molar-refractivity contribution >= 4 is 17.5 Å². The summed E-state index contributed by atoms with van der Waals surface area (Å²) >= 11 is 0. The van der Waals surface area contributed by atoms with Crippen molar-refractivity contribution in [3.63, 3.8) is 0 Å². The molecular formula is C24H37N3O5. The lowest BCUT2D eigenvalue weighted by atomic mass is 10.0. The van der Waals surface area contributed by atoms with Gasteiger partial charge in [-0.05, 0) is 49.8 Å². The molecule has 1 aliphatic heterocycles. The lowest BCUT2D eigenvalue weighted by Gasteiger charge is -2.36. The van der Waals surface area contributed by atoms with Crippen LogP contribution < -0.4 is 10.1 Å². The van der Waals surface area contributed by atoms with Gasteiger partial charge in [-0.25, -0.2) is 0 Å². The van der Waals surface area contributed by atoms with Crippen molar-refractivity contribution in [2.24, 2.45) is 11.8 Å². The van der Waals surface area contributed by atoms with E-state index in [9.17, 15) is 9.59 Å². The van der Waals surface area contributed by atoms with Crippen LogP contribution in [0.15, 0.2) is 18.2 Å². The zero-order valence-electron chi connectivity index (χ0n) is 19.9. The van der Waals surface area contributed by atoms with E-state index in [0.29, 0.717) is 30.2 Å². The number of likely N-dealkylation sites (N-methyl/N-ethyl adjacent to an activating group) is 1. The van der Waals surface area contributed by atoms with Crippen molar-refractivity contribution in [1.29, 1.82) is 0 Å². The molecule has 8 heteroatoms. The summed E-state index contributed by atoms with van der Waals surface area (Å²) in [4.78, 5) is 29.4. The van der Waals surface area contributed by atoms with Gasteiger partial charge >= 0.3 is 0 Å². The van der Waals surface area contributed by atoms with Crippen LogP contribution in [0.1, 0.15) is 37.0 Å². The van der Waals surface area contributed by atoms with Crippen molar-refractivity contribution in [2.45, 2.75) is 38.8 Å². The van der Waals surface area contributed by atoms with Crippen molar-refractivity contribution in [1.82, 2.24) is 9.80 Å². The molecule has 1 heterocycles. The fraction of sp³-hybridized carbons (Fsp3) is 0.667. The quantitative estimate of drug-likeness (QED) is 0.722. The molecule has 2 amide bonds. The minimum absolute atomic E-state index is 0.0524. The topological polar surface area (TPSA) is 80.3 Å². The highest BCUT2D eigenvalue weighted by molar-refractivity contribution is 5.99. The molecule has 1 aromatic rings. The molecule has 1 aliphatic carbocycles. The molecule has 3 atom stereocenters. The highest BCUT2D eigenvalue weighted by Gasteiger charge is 2.31. The lowest BCUT2D eigenvalue weighted by Crippen LogP contribution is -2.47. The predicted octanol–water partition coefficient (Wildman–Crippen LogP) is 2.49. The third kappa shape index (κ3) is 6.43. The van der Waals surface area contributed by atoms with E-state index in [1.54, 1.807) is 37.3 Å². The zero-order chi connectivity index (χ0) is 23.3. The Labute approximate surface area is 191 Å². The molecule has 3 rings (SSSR count). The molecule has 2 aliphatic rings. The Hall–Kier alpha value is -2.16. The first kappa shape index (κ1) is 24.5. The summed E-state index contributed by atoms with van der Waals surface area (Å²) in [5.74, 6) is 1.11. The third-order valence-electron chi connectivity index (χ3n) is 6.32. The van der Waals surface area contributed by atoms with Gasteiger partial charge in [0.25, 0.3) is 5.91 Å². The van der Waals surface area contributed by atoms with Gasteiger partial charge in [0.2, 0.25) is 5.91 Å². The number of rotatable bonds is 6. The Morgan fingerprint density at radius 1 is 1.22 bits per heavy atom. The molecule has 0 spiro atoms. The summed E-state index contributed by atoms with van der Waals surface area (Å²) in [5.41, 5.74) is 0.954. The number of hydrogen-bond acceptors (Lipinski definition) is 6. The van der Waals surface area contributed by atoms with E-state index < -0.39 is 0 Å². The summed E-state index contributed by atoms with van der Waals surface area (Å²) in [6.07, 6.45) is 2.51. The van der Waals surface area contributed by atoms with Crippen molar-refractivity contribution in [3.05, 3.63) is 23.8 Å². The molecule has 0 saturated heterocycles. The fourth-order valence-electron chi connectivity index (χ4n) is 4.14. The van der Waals surface area contributed by atoms with Crippen LogP contribution in [0.4, 0.5) is 5.69 Å². The lowest BCUT2D eigenvalue weighted by molar-refractivity contribution is -0.119. The number of nitrogens with zero attached hydrogens (tertiary/aromatic N) is 2. The van der Waals surface area contributed by atoms with E-state index in [1.807, 2.05) is 0 Å². The van der Waals surface area contributed by atoms with E-state index in [0.717, 1.165) is 19.0 Å². The van der Waals surface area contributed by atoms with Crippen LogP contribution in [-0.2, 0) is 14.3 Å². The second kappa shape index (κ2) is 11.1. The van der Waals surface area contributed by atoms with Crippen LogP contribution in [0, 0.1) is 11.8 Å². The van der Waals surface area contributed by atoms with Gasteiger partial charge in [0.1, 0.15) is 19.0 Å². The van der Waals surface area contributed by atoms with E-state index in [4.69, 9.17) is 14.2 Å². The summed E-state index contributed by atoms with van der Waals surface area (Å²) < 4.78 is 16.8. The van der Waals surface area contributed by atoms with Gasteiger partial charge in [0.05, 0.1) is 11.7 Å². The van der Waals surface area contributed by atoms with Crippen LogP contribution >= 0.6 is 0 Å². The Bertz CT molecular complexity index is 798. The Balaban J connectivity index is 1.89. The monoisotopic (exact) mass is 447 g/mol. The molecule has 1 saturated carbocycles. The molecule has 0 radical (unpaired) electrons. The number of fused-ring (bicyclic) bond motifs is 1. The smallest absolute Gasteiger partial charge is 0.257 e. The number of ether oxygens (including phenoxy) is 3. The molecule has 1 N–H and O–H groups in total. The number of anilines is 1. The van der Waals surface area contributed by atoms with Crippen LogP contribution in [0.5, 0.6) is 5.75 Å². The van der Waals surface area contributed by atoms with Crippen molar-refractivity contribution in [2.75, 3.05) is 59.4 Å². The normalized spacial score (nSPS) is 25.3. The average molecular weight is 448 g/mol. The van der Waals surface area contributed by atoms with Crippen LogP contribution in [0.3, 0.4) is 0 Å². The number of nitrogens with one attached hydrogen (secondary N) is 1. The zero-order valence-corrected chi connectivity index (χ0v) is 19.9. The molecular weight excluding hydrogens is 410 g/mol. The first-order valence-corrected chi connectivity index (χ1v) is 11.4. The first-order chi connectivity index (χ1) is 15.3. The number of carbonyl (C=O) groups is 2. The fourth-order valence-corrected chi connectivity index (χ4v) is 4.14. The number of amides is 2. The Kier molecular flexibility index (Phi) is 8.51. The second-order valence-electron chi connectivity index (χ2n) is 9.19. The van der Waals surface area contributed by atoms with Gasteiger partial charge in [0.15, 0.2) is 0 Å². The van der Waals surface area contributed by atoms with Gasteiger partial charge in [-0.2, -0.15) is 0 Å². The average Bonchev–Trinajstić information content (AvgIpc) is 3.58. The number of carbonyl (C=O) groups excluding carboxylic acids is 2. The van der Waals surface area contributed by atoms with Crippen LogP contribution in [-0.4, -0.2) is 87.9 Å². The number of hydrogen-bond donors (Lipinski definition) is 1. The van der Waals surface area contributed by atoms with Gasteiger partial charge in [-0.3, -0.25) is 14.5 Å². The maximum Gasteiger partial charge on any atom is 0.257 e. The molecule has 1 fully saturated rings. The number of methoxy groups -OCH3 is 2. The van der Waals surface area contributed by atoms with Crippen molar-refractivity contribution < 1.29 is 23.8 Å². The van der Waals surface area contributed by atoms with Crippen molar-refractivity contribution in [3.8, 4) is 5.75 Å². The predicted molar refractivity (Wildman–Crippen MR) is 123 cm³/mol. The molecule has 8 nitrogen and oxygen atoms in total. The van der Waals surface area contributed by atoms with Gasteiger partial charge in [0, 0.05) is 52.6 Å².